The summed E-state index contributed by atoms with van der Waals surface area (Å²) in [5, 5.41) is 4.51. The first-order chi connectivity index (χ1) is 14.5. The Hall–Kier alpha value is -2.89. The number of nitrogens with one attached hydrogen (secondary N) is 2. The Labute approximate surface area is 183 Å². The topological polar surface area (TPSA) is 57.8 Å². The third kappa shape index (κ3) is 4.48. The predicted octanol–water partition coefficient (Wildman–Crippen LogP) is 6.64. The van der Waals surface area contributed by atoms with Gasteiger partial charge in [0, 0.05) is 28.5 Å². The summed E-state index contributed by atoms with van der Waals surface area (Å²) in [5.41, 5.74) is 3.88. The summed E-state index contributed by atoms with van der Waals surface area (Å²) in [7, 11) is 0. The largest absolute Gasteiger partial charge is 0.353 e. The molecule has 0 atom stereocenters. The van der Waals surface area contributed by atoms with Crippen molar-refractivity contribution in [3.63, 3.8) is 0 Å². The van der Waals surface area contributed by atoms with Crippen LogP contribution in [0.1, 0.15) is 18.4 Å². The molecule has 2 N–H and O–H groups in total. The first kappa shape index (κ1) is 20.4. The number of carbonyl (C=O) groups excluding carboxylic acids is 1. The molecule has 2 aromatic carbocycles. The zero-order valence-electron chi connectivity index (χ0n) is 15.9. The van der Waals surface area contributed by atoms with Crippen LogP contribution in [0.5, 0.6) is 0 Å². The Morgan fingerprint density at radius 2 is 1.97 bits per heavy atom. The van der Waals surface area contributed by atoms with Crippen LogP contribution < -0.4 is 5.32 Å². The Morgan fingerprint density at radius 3 is 2.77 bits per heavy atom. The smallest absolute Gasteiger partial charge is 0.224 e. The number of anilines is 1. The van der Waals surface area contributed by atoms with Crippen molar-refractivity contribution < 1.29 is 9.18 Å². The summed E-state index contributed by atoms with van der Waals surface area (Å²) in [6, 6.07) is 15.2. The van der Waals surface area contributed by atoms with E-state index in [4.69, 9.17) is 23.2 Å². The summed E-state index contributed by atoms with van der Waals surface area (Å²) in [6.07, 6.45) is 3.17. The summed E-state index contributed by atoms with van der Waals surface area (Å²) < 4.78 is 13.9. The first-order valence-electron chi connectivity index (χ1n) is 9.47. The minimum atomic E-state index is -0.302. The third-order valence-corrected chi connectivity index (χ3v) is 5.39. The Balaban J connectivity index is 1.52. The molecule has 0 radical (unpaired) electrons. The molecule has 0 aliphatic rings. The molecule has 0 spiro atoms. The number of aryl methyl sites for hydroxylation is 1. The quantitative estimate of drug-likeness (QED) is 0.352. The Bertz CT molecular complexity index is 1210. The lowest BCUT2D eigenvalue weighted by atomic mass is 10.0. The molecular weight excluding hydrogens is 424 g/mol. The van der Waals surface area contributed by atoms with Gasteiger partial charge in [-0.15, -0.1) is 0 Å². The maximum absolute atomic E-state index is 13.9. The number of pyridine rings is 1. The highest BCUT2D eigenvalue weighted by molar-refractivity contribution is 6.35. The van der Waals surface area contributed by atoms with Crippen LogP contribution in [-0.2, 0) is 11.2 Å². The average molecular weight is 442 g/mol. The third-order valence-electron chi connectivity index (χ3n) is 4.82. The van der Waals surface area contributed by atoms with E-state index in [1.54, 1.807) is 30.5 Å². The molecule has 2 aromatic heterocycles. The van der Waals surface area contributed by atoms with Crippen LogP contribution in [0, 0.1) is 5.82 Å². The number of fused-ring (bicyclic) bond motifs is 1. The minimum Gasteiger partial charge on any atom is -0.353 e. The van der Waals surface area contributed by atoms with E-state index >= 15 is 0 Å². The van der Waals surface area contributed by atoms with Crippen LogP contribution in [0.2, 0.25) is 10.0 Å². The number of hydrogen-bond acceptors (Lipinski definition) is 2. The number of hydrogen-bond donors (Lipinski definition) is 2. The van der Waals surface area contributed by atoms with E-state index < -0.39 is 0 Å². The van der Waals surface area contributed by atoms with Gasteiger partial charge < -0.3 is 10.3 Å². The van der Waals surface area contributed by atoms with Crippen LogP contribution in [0.4, 0.5) is 10.1 Å². The summed E-state index contributed by atoms with van der Waals surface area (Å²) in [6.45, 7) is 0. The number of carbonyl (C=O) groups is 1. The molecule has 4 nitrogen and oxygen atoms in total. The van der Waals surface area contributed by atoms with E-state index in [-0.39, 0.29) is 18.1 Å². The molecule has 152 valence electrons. The number of benzene rings is 2. The normalized spacial score (nSPS) is 11.0. The molecule has 4 aromatic rings. The number of rotatable bonds is 6. The molecule has 30 heavy (non-hydrogen) atoms. The number of halogens is 3. The fraction of sp³-hybridized carbons (Fsp3) is 0.130. The molecule has 0 saturated heterocycles. The molecule has 0 bridgehead atoms. The van der Waals surface area contributed by atoms with Gasteiger partial charge in [-0.1, -0.05) is 29.3 Å². The van der Waals surface area contributed by atoms with Gasteiger partial charge in [0.2, 0.25) is 5.91 Å². The zero-order valence-corrected chi connectivity index (χ0v) is 17.4. The van der Waals surface area contributed by atoms with Crippen LogP contribution in [0.15, 0.2) is 60.8 Å². The summed E-state index contributed by atoms with van der Waals surface area (Å²) in [5.74, 6) is -0.465. The molecule has 0 unspecified atom stereocenters. The molecule has 1 amide bonds. The van der Waals surface area contributed by atoms with E-state index in [0.717, 1.165) is 27.9 Å². The molecule has 4 rings (SSSR count). The van der Waals surface area contributed by atoms with Crippen molar-refractivity contribution in [2.75, 3.05) is 5.32 Å². The number of aromatic nitrogens is 2. The van der Waals surface area contributed by atoms with Gasteiger partial charge in [0.05, 0.1) is 22.1 Å². The van der Waals surface area contributed by atoms with Crippen LogP contribution >= 0.6 is 23.2 Å². The monoisotopic (exact) mass is 441 g/mol. The van der Waals surface area contributed by atoms with Crippen molar-refractivity contribution in [1.29, 1.82) is 0 Å². The van der Waals surface area contributed by atoms with Gasteiger partial charge >= 0.3 is 0 Å². The van der Waals surface area contributed by atoms with Gasteiger partial charge in [0.15, 0.2) is 0 Å². The summed E-state index contributed by atoms with van der Waals surface area (Å²) in [4.78, 5) is 20.1. The Kier molecular flexibility index (Phi) is 6.02. The predicted molar refractivity (Wildman–Crippen MR) is 120 cm³/mol. The van der Waals surface area contributed by atoms with Gasteiger partial charge in [-0.2, -0.15) is 0 Å². The molecule has 7 heteroatoms. The standard InChI is InChI=1S/C23H18Cl2FN3O/c24-14-7-9-18(25)21(12-14)28-22(30)6-3-4-16-17-13-15(26)8-10-19(17)29-23(16)20-5-1-2-11-27-20/h1-2,5,7-13,29H,3-4,6H2,(H,28,30). The van der Waals surface area contributed by atoms with Crippen LogP contribution in [-0.4, -0.2) is 15.9 Å². The molecule has 0 fully saturated rings. The van der Waals surface area contributed by atoms with E-state index in [1.807, 2.05) is 18.2 Å². The highest BCUT2D eigenvalue weighted by Gasteiger charge is 2.15. The number of aromatic amines is 1. The second-order valence-corrected chi connectivity index (χ2v) is 7.75. The van der Waals surface area contributed by atoms with E-state index in [2.05, 4.69) is 15.3 Å². The highest BCUT2D eigenvalue weighted by atomic mass is 35.5. The number of H-pyrrole nitrogens is 1. The van der Waals surface area contributed by atoms with Gasteiger partial charge in [-0.3, -0.25) is 9.78 Å². The summed E-state index contributed by atoms with van der Waals surface area (Å²) >= 11 is 12.1. The number of nitrogens with zero attached hydrogens (tertiary/aromatic N) is 1. The van der Waals surface area contributed by atoms with Gasteiger partial charge in [0.25, 0.3) is 0 Å². The van der Waals surface area contributed by atoms with Crippen molar-refractivity contribution in [2.24, 2.45) is 0 Å². The zero-order chi connectivity index (χ0) is 21.1. The lowest BCUT2D eigenvalue weighted by molar-refractivity contribution is -0.116. The first-order valence-corrected chi connectivity index (χ1v) is 10.2. The van der Waals surface area contributed by atoms with Crippen LogP contribution in [0.25, 0.3) is 22.3 Å². The van der Waals surface area contributed by atoms with Crippen molar-refractivity contribution in [3.8, 4) is 11.4 Å². The molecule has 0 aliphatic carbocycles. The SMILES string of the molecule is O=C(CCCc1c(-c2ccccn2)[nH]c2ccc(F)cc12)Nc1cc(Cl)ccc1Cl. The second kappa shape index (κ2) is 8.86. The van der Waals surface area contributed by atoms with Crippen molar-refractivity contribution in [3.05, 3.63) is 82.2 Å². The van der Waals surface area contributed by atoms with E-state index in [1.165, 1.54) is 12.1 Å². The van der Waals surface area contributed by atoms with Crippen molar-refractivity contribution in [2.45, 2.75) is 19.3 Å². The lowest BCUT2D eigenvalue weighted by Crippen LogP contribution is -2.12. The van der Waals surface area contributed by atoms with Gasteiger partial charge in [0.1, 0.15) is 5.82 Å². The fourth-order valence-corrected chi connectivity index (χ4v) is 3.78. The number of amides is 1. The minimum absolute atomic E-state index is 0.162. The maximum Gasteiger partial charge on any atom is 0.224 e. The van der Waals surface area contributed by atoms with E-state index in [0.29, 0.717) is 28.6 Å². The second-order valence-electron chi connectivity index (χ2n) is 6.91. The van der Waals surface area contributed by atoms with Gasteiger partial charge in [-0.05, 0) is 66.9 Å². The fourth-order valence-electron chi connectivity index (χ4n) is 3.44. The average Bonchev–Trinajstić information content (AvgIpc) is 3.09. The van der Waals surface area contributed by atoms with Crippen molar-refractivity contribution >= 4 is 45.7 Å². The van der Waals surface area contributed by atoms with Gasteiger partial charge in [-0.25, -0.2) is 4.39 Å². The molecule has 2 heterocycles. The van der Waals surface area contributed by atoms with Crippen LogP contribution in [0.3, 0.4) is 0 Å². The molecule has 0 aliphatic heterocycles. The lowest BCUT2D eigenvalue weighted by Gasteiger charge is -2.08. The highest BCUT2D eigenvalue weighted by Crippen LogP contribution is 2.31. The Morgan fingerprint density at radius 1 is 1.10 bits per heavy atom. The van der Waals surface area contributed by atoms with E-state index in [9.17, 15) is 9.18 Å². The maximum atomic E-state index is 13.9. The van der Waals surface area contributed by atoms with Crippen molar-refractivity contribution in [1.82, 2.24) is 9.97 Å². The molecule has 0 saturated carbocycles. The molecular formula is C23H18Cl2FN3O.